The summed E-state index contributed by atoms with van der Waals surface area (Å²) in [4.78, 5) is 32.0. The fourth-order valence-corrected chi connectivity index (χ4v) is 4.43. The van der Waals surface area contributed by atoms with E-state index in [0.29, 0.717) is 12.1 Å². The van der Waals surface area contributed by atoms with Gasteiger partial charge in [0.05, 0.1) is 0 Å². The van der Waals surface area contributed by atoms with Crippen LogP contribution in [0.25, 0.3) is 10.9 Å². The van der Waals surface area contributed by atoms with Crippen molar-refractivity contribution in [1.82, 2.24) is 15.2 Å². The Balaban J connectivity index is 1.81. The van der Waals surface area contributed by atoms with Crippen molar-refractivity contribution in [2.45, 2.75) is 71.8 Å². The van der Waals surface area contributed by atoms with E-state index < -0.39 is 6.04 Å². The van der Waals surface area contributed by atoms with Crippen LogP contribution in [-0.4, -0.2) is 41.0 Å². The number of aromatic nitrogens is 1. The summed E-state index contributed by atoms with van der Waals surface area (Å²) in [5.74, 6) is -0.0121. The summed E-state index contributed by atoms with van der Waals surface area (Å²) < 4.78 is 0. The Kier molecular flexibility index (Phi) is 10.2. The van der Waals surface area contributed by atoms with Gasteiger partial charge in [-0.3, -0.25) is 4.79 Å². The van der Waals surface area contributed by atoms with Crippen LogP contribution in [0.3, 0.4) is 0 Å². The van der Waals surface area contributed by atoms with Crippen LogP contribution in [0.2, 0.25) is 0 Å². The molecule has 188 valence electrons. The summed E-state index contributed by atoms with van der Waals surface area (Å²) in [6.45, 7) is 7.77. The molecule has 0 radical (unpaired) electrons. The largest absolute Gasteiger partial charge is 0.361 e. The summed E-state index contributed by atoms with van der Waals surface area (Å²) in [6, 6.07) is 14.7. The summed E-state index contributed by atoms with van der Waals surface area (Å²) in [5, 5.41) is 6.97. The van der Waals surface area contributed by atoms with E-state index in [4.69, 9.17) is 0 Å². The van der Waals surface area contributed by atoms with E-state index in [1.165, 1.54) is 0 Å². The van der Waals surface area contributed by atoms with Gasteiger partial charge in [-0.1, -0.05) is 69.9 Å². The Morgan fingerprint density at radius 2 is 1.66 bits per heavy atom. The number of fused-ring (bicyclic) bond motifs is 1. The quantitative estimate of drug-likeness (QED) is 0.249. The lowest BCUT2D eigenvalue weighted by Gasteiger charge is -2.28. The van der Waals surface area contributed by atoms with E-state index in [1.807, 2.05) is 60.5 Å². The van der Waals surface area contributed by atoms with Gasteiger partial charge in [0, 0.05) is 42.3 Å². The lowest BCUT2D eigenvalue weighted by Crippen LogP contribution is -2.51. The monoisotopic (exact) mass is 476 g/mol. The van der Waals surface area contributed by atoms with E-state index in [1.54, 1.807) is 0 Å². The number of nitrogens with one attached hydrogen (secondary N) is 3. The maximum absolute atomic E-state index is 13.8. The van der Waals surface area contributed by atoms with Crippen LogP contribution < -0.4 is 10.6 Å². The lowest BCUT2D eigenvalue weighted by molar-refractivity contribution is -0.133. The molecule has 1 atom stereocenters. The molecule has 0 aliphatic rings. The summed E-state index contributed by atoms with van der Waals surface area (Å²) in [7, 11) is 0. The van der Waals surface area contributed by atoms with Crippen molar-refractivity contribution < 1.29 is 9.59 Å². The number of hydrogen-bond donors (Lipinski definition) is 3. The molecule has 0 saturated heterocycles. The number of nitrogens with zero attached hydrogens (tertiary/aromatic N) is 1. The SMILES string of the molecule is CCCCCN(CCCCC)C(=O)[C@H](Cc1c[nH]c2ccccc12)NC(=O)Nc1cccc(C)c1. The van der Waals surface area contributed by atoms with Crippen molar-refractivity contribution in [3.05, 3.63) is 65.9 Å². The van der Waals surface area contributed by atoms with Crippen molar-refractivity contribution in [3.63, 3.8) is 0 Å². The molecule has 0 aliphatic heterocycles. The third kappa shape index (κ3) is 7.88. The molecule has 1 aromatic heterocycles. The first-order valence-electron chi connectivity index (χ1n) is 13.0. The zero-order chi connectivity index (χ0) is 25.0. The summed E-state index contributed by atoms with van der Waals surface area (Å²) in [6.07, 6.45) is 8.72. The van der Waals surface area contributed by atoms with Crippen LogP contribution in [0, 0.1) is 6.92 Å². The maximum Gasteiger partial charge on any atom is 0.319 e. The minimum atomic E-state index is -0.651. The first-order chi connectivity index (χ1) is 17.0. The van der Waals surface area contributed by atoms with Crippen molar-refractivity contribution >= 4 is 28.5 Å². The topological polar surface area (TPSA) is 77.2 Å². The van der Waals surface area contributed by atoms with Crippen LogP contribution in [0.15, 0.2) is 54.7 Å². The van der Waals surface area contributed by atoms with Crippen LogP contribution >= 0.6 is 0 Å². The Morgan fingerprint density at radius 3 is 2.34 bits per heavy atom. The molecule has 6 nitrogen and oxygen atoms in total. The van der Waals surface area contributed by atoms with Crippen molar-refractivity contribution in [2.75, 3.05) is 18.4 Å². The number of rotatable bonds is 13. The number of anilines is 1. The molecular weight excluding hydrogens is 436 g/mol. The van der Waals surface area contributed by atoms with Gasteiger partial charge in [-0.15, -0.1) is 0 Å². The van der Waals surface area contributed by atoms with Crippen LogP contribution in [0.1, 0.15) is 63.5 Å². The third-order valence-electron chi connectivity index (χ3n) is 6.35. The van der Waals surface area contributed by atoms with Crippen molar-refractivity contribution in [3.8, 4) is 0 Å². The van der Waals surface area contributed by atoms with E-state index in [9.17, 15) is 9.59 Å². The van der Waals surface area contributed by atoms with Crippen LogP contribution in [0.4, 0.5) is 10.5 Å². The average Bonchev–Trinajstić information content (AvgIpc) is 3.25. The average molecular weight is 477 g/mol. The number of aryl methyl sites for hydroxylation is 1. The normalized spacial score (nSPS) is 11.9. The molecule has 0 saturated carbocycles. The molecule has 3 N–H and O–H groups in total. The van der Waals surface area contributed by atoms with Gasteiger partial charge in [-0.05, 0) is 49.1 Å². The highest BCUT2D eigenvalue weighted by Gasteiger charge is 2.27. The molecule has 6 heteroatoms. The minimum Gasteiger partial charge on any atom is -0.361 e. The molecule has 1 heterocycles. The minimum absolute atomic E-state index is 0.0121. The second-order valence-corrected chi connectivity index (χ2v) is 9.32. The lowest BCUT2D eigenvalue weighted by atomic mass is 10.0. The number of carbonyl (C=O) groups excluding carboxylic acids is 2. The number of hydrogen-bond acceptors (Lipinski definition) is 2. The Labute approximate surface area is 209 Å². The standard InChI is InChI=1S/C29H40N4O2/c1-4-6-10-17-33(18-11-7-5-2)28(34)27(20-23-21-30-26-16-9-8-15-25(23)26)32-29(35)31-24-14-12-13-22(3)19-24/h8-9,12-16,19,21,27,30H,4-7,10-11,17-18,20H2,1-3H3,(H2,31,32,35)/t27-/m0/s1. The smallest absolute Gasteiger partial charge is 0.319 e. The van der Waals surface area contributed by atoms with Gasteiger partial charge in [-0.25, -0.2) is 4.79 Å². The maximum atomic E-state index is 13.8. The number of amides is 3. The van der Waals surface area contributed by atoms with E-state index in [0.717, 1.165) is 73.6 Å². The second kappa shape index (κ2) is 13.6. The van der Waals surface area contributed by atoms with Gasteiger partial charge < -0.3 is 20.5 Å². The number of para-hydroxylation sites is 1. The van der Waals surface area contributed by atoms with E-state index in [-0.39, 0.29) is 11.9 Å². The Bertz CT molecular complexity index is 1080. The predicted molar refractivity (Wildman–Crippen MR) is 145 cm³/mol. The third-order valence-corrected chi connectivity index (χ3v) is 6.35. The fourth-order valence-electron chi connectivity index (χ4n) is 4.43. The van der Waals surface area contributed by atoms with Gasteiger partial charge in [0.1, 0.15) is 6.04 Å². The van der Waals surface area contributed by atoms with Crippen molar-refractivity contribution in [2.24, 2.45) is 0 Å². The molecule has 3 rings (SSSR count). The van der Waals surface area contributed by atoms with Crippen LogP contribution in [-0.2, 0) is 11.2 Å². The van der Waals surface area contributed by atoms with Gasteiger partial charge in [0.25, 0.3) is 0 Å². The van der Waals surface area contributed by atoms with E-state index in [2.05, 4.69) is 35.5 Å². The molecule has 35 heavy (non-hydrogen) atoms. The highest BCUT2D eigenvalue weighted by Crippen LogP contribution is 2.20. The first kappa shape index (κ1) is 26.3. The van der Waals surface area contributed by atoms with Crippen molar-refractivity contribution in [1.29, 1.82) is 0 Å². The van der Waals surface area contributed by atoms with Gasteiger partial charge in [-0.2, -0.15) is 0 Å². The number of benzene rings is 2. The second-order valence-electron chi connectivity index (χ2n) is 9.32. The number of aromatic amines is 1. The molecule has 0 unspecified atom stereocenters. The van der Waals surface area contributed by atoms with Gasteiger partial charge in [0.15, 0.2) is 0 Å². The molecule has 0 spiro atoms. The van der Waals surface area contributed by atoms with Crippen LogP contribution in [0.5, 0.6) is 0 Å². The van der Waals surface area contributed by atoms with E-state index >= 15 is 0 Å². The zero-order valence-electron chi connectivity index (χ0n) is 21.4. The zero-order valence-corrected chi connectivity index (χ0v) is 21.4. The first-order valence-corrected chi connectivity index (χ1v) is 13.0. The number of H-pyrrole nitrogens is 1. The molecule has 0 fully saturated rings. The molecule has 0 aliphatic carbocycles. The summed E-state index contributed by atoms with van der Waals surface area (Å²) in [5.41, 5.74) is 3.83. The highest BCUT2D eigenvalue weighted by atomic mass is 16.2. The molecule has 3 aromatic rings. The van der Waals surface area contributed by atoms with Gasteiger partial charge >= 0.3 is 6.03 Å². The summed E-state index contributed by atoms with van der Waals surface area (Å²) >= 11 is 0. The predicted octanol–water partition coefficient (Wildman–Crippen LogP) is 6.42. The number of unbranched alkanes of at least 4 members (excludes halogenated alkanes) is 4. The number of carbonyl (C=O) groups is 2. The molecule has 2 aromatic carbocycles. The fraction of sp³-hybridized carbons (Fsp3) is 0.448. The molecule has 3 amide bonds. The molecule has 0 bridgehead atoms. The van der Waals surface area contributed by atoms with Gasteiger partial charge in [0.2, 0.25) is 5.91 Å². The highest BCUT2D eigenvalue weighted by molar-refractivity contribution is 5.94. The number of urea groups is 1. The Morgan fingerprint density at radius 1 is 0.943 bits per heavy atom. The Hall–Kier alpha value is -3.28. The molecular formula is C29H40N4O2.